The Labute approximate surface area is 235 Å². The second-order valence-electron chi connectivity index (χ2n) is 10.3. The maximum absolute atomic E-state index is 12.8. The summed E-state index contributed by atoms with van der Waals surface area (Å²) in [6.07, 6.45) is -3.70. The van der Waals surface area contributed by atoms with Crippen molar-refractivity contribution in [1.29, 1.82) is 0 Å². The number of carbonyl (C=O) groups excluding carboxylic acids is 1. The quantitative estimate of drug-likeness (QED) is 0.191. The average molecular weight is 569 g/mol. The normalized spacial score (nSPS) is 16.1. The largest absolute Gasteiger partial charge is 0.433 e. The van der Waals surface area contributed by atoms with Gasteiger partial charge in [0, 0.05) is 55.1 Å². The molecule has 1 aliphatic heterocycles. The summed E-state index contributed by atoms with van der Waals surface area (Å²) in [6, 6.07) is 21.7. The number of nitrogens with one attached hydrogen (secondary N) is 1. The number of anilines is 1. The van der Waals surface area contributed by atoms with Crippen LogP contribution in [0, 0.1) is 10.1 Å². The Hall–Kier alpha value is -4.12. The van der Waals surface area contributed by atoms with E-state index in [0.29, 0.717) is 12.8 Å². The van der Waals surface area contributed by atoms with E-state index in [-0.39, 0.29) is 5.69 Å². The zero-order valence-electron chi connectivity index (χ0n) is 22.4. The van der Waals surface area contributed by atoms with Crippen LogP contribution in [0.15, 0.2) is 72.8 Å². The predicted octanol–water partition coefficient (Wildman–Crippen LogP) is 6.10. The summed E-state index contributed by atoms with van der Waals surface area (Å²) in [7, 11) is 0. The van der Waals surface area contributed by atoms with Gasteiger partial charge in [0.05, 0.1) is 4.92 Å². The molecule has 0 unspecified atom stereocenters. The fourth-order valence-electron chi connectivity index (χ4n) is 5.81. The number of ether oxygens (including phenoxy) is 1. The van der Waals surface area contributed by atoms with Gasteiger partial charge in [-0.25, -0.2) is 4.79 Å². The molecule has 0 atom stereocenters. The van der Waals surface area contributed by atoms with Crippen LogP contribution in [-0.2, 0) is 10.3 Å². The Morgan fingerprint density at radius 3 is 2.05 bits per heavy atom. The minimum atomic E-state index is -4.54. The average Bonchev–Trinajstić information content (AvgIpc) is 3.24. The molecule has 1 amide bonds. The van der Waals surface area contributed by atoms with Gasteiger partial charge in [0.1, 0.15) is 6.54 Å². The molecule has 1 saturated heterocycles. The zero-order chi connectivity index (χ0) is 29.0. The van der Waals surface area contributed by atoms with Crippen molar-refractivity contribution in [3.05, 3.63) is 94.0 Å². The van der Waals surface area contributed by atoms with Crippen LogP contribution >= 0.6 is 0 Å². The van der Waals surface area contributed by atoms with Crippen LogP contribution < -0.4 is 10.2 Å². The van der Waals surface area contributed by atoms with Gasteiger partial charge in [-0.2, -0.15) is 13.2 Å². The van der Waals surface area contributed by atoms with Gasteiger partial charge >= 0.3 is 12.3 Å². The van der Waals surface area contributed by atoms with E-state index in [1.165, 1.54) is 12.1 Å². The van der Waals surface area contributed by atoms with Gasteiger partial charge in [0.25, 0.3) is 5.69 Å². The first kappa shape index (κ1) is 28.4. The molecular formula is C30H31F3N4O4. The van der Waals surface area contributed by atoms with Crippen molar-refractivity contribution in [2.24, 2.45) is 0 Å². The van der Waals surface area contributed by atoms with E-state index in [1.807, 2.05) is 53.8 Å². The molecule has 1 N–H and O–H groups in total. The molecule has 8 nitrogen and oxygen atoms in total. The number of fused-ring (bicyclic) bond motifs is 3. The first-order valence-electron chi connectivity index (χ1n) is 13.6. The summed E-state index contributed by atoms with van der Waals surface area (Å²) in [5.41, 5.74) is 3.22. The van der Waals surface area contributed by atoms with Crippen LogP contribution in [0.3, 0.4) is 0 Å². The number of amides is 1. The van der Waals surface area contributed by atoms with Crippen molar-refractivity contribution in [3.8, 4) is 11.1 Å². The van der Waals surface area contributed by atoms with Crippen molar-refractivity contribution < 1.29 is 27.6 Å². The Morgan fingerprint density at radius 1 is 0.902 bits per heavy atom. The number of nitro benzene ring substituents is 1. The van der Waals surface area contributed by atoms with Gasteiger partial charge in [-0.05, 0) is 49.1 Å². The highest BCUT2D eigenvalue weighted by molar-refractivity contribution is 5.82. The lowest BCUT2D eigenvalue weighted by molar-refractivity contribution is -0.384. The Kier molecular flexibility index (Phi) is 8.16. The molecule has 3 aromatic rings. The van der Waals surface area contributed by atoms with Crippen LogP contribution in [0.4, 0.5) is 29.3 Å². The lowest BCUT2D eigenvalue weighted by Gasteiger charge is -2.36. The number of carbonyl (C=O) groups is 1. The van der Waals surface area contributed by atoms with Crippen molar-refractivity contribution in [1.82, 2.24) is 10.2 Å². The van der Waals surface area contributed by atoms with Gasteiger partial charge in [-0.3, -0.25) is 15.0 Å². The minimum Gasteiger partial charge on any atom is -0.433 e. The third-order valence-electron chi connectivity index (χ3n) is 7.77. The topological polar surface area (TPSA) is 88.0 Å². The Morgan fingerprint density at radius 2 is 1.49 bits per heavy atom. The number of hydrogen-bond donors (Lipinski definition) is 1. The lowest BCUT2D eigenvalue weighted by atomic mass is 9.86. The van der Waals surface area contributed by atoms with Gasteiger partial charge < -0.3 is 15.0 Å². The Bertz CT molecular complexity index is 1340. The first-order valence-corrected chi connectivity index (χ1v) is 13.6. The molecule has 0 bridgehead atoms. The fourth-order valence-corrected chi connectivity index (χ4v) is 5.81. The predicted molar refractivity (Wildman–Crippen MR) is 149 cm³/mol. The van der Waals surface area contributed by atoms with Gasteiger partial charge in [-0.1, -0.05) is 48.5 Å². The molecule has 1 heterocycles. The second kappa shape index (κ2) is 11.8. The van der Waals surface area contributed by atoms with Gasteiger partial charge in [0.2, 0.25) is 0 Å². The molecule has 1 fully saturated rings. The molecule has 2 aliphatic rings. The third kappa shape index (κ3) is 6.30. The van der Waals surface area contributed by atoms with Crippen LogP contribution in [0.5, 0.6) is 0 Å². The second-order valence-corrected chi connectivity index (χ2v) is 10.3. The number of rotatable bonds is 9. The summed E-state index contributed by atoms with van der Waals surface area (Å²) < 4.78 is 44.3. The van der Waals surface area contributed by atoms with Crippen LogP contribution in [-0.4, -0.2) is 61.4 Å². The molecule has 1 aliphatic carbocycles. The number of unbranched alkanes of at least 4 members (excludes halogenated alkanes) is 1. The zero-order valence-corrected chi connectivity index (χ0v) is 22.4. The molecule has 216 valence electrons. The number of halogens is 3. The number of hydrogen-bond acceptors (Lipinski definition) is 6. The van der Waals surface area contributed by atoms with E-state index in [0.717, 1.165) is 67.1 Å². The van der Waals surface area contributed by atoms with Gasteiger partial charge in [0.15, 0.2) is 5.60 Å². The smallest absolute Gasteiger partial charge is 0.408 e. The summed E-state index contributed by atoms with van der Waals surface area (Å²) >= 11 is 0. The number of nitrogens with zero attached hydrogens (tertiary/aromatic N) is 3. The van der Waals surface area contributed by atoms with Crippen molar-refractivity contribution in [3.63, 3.8) is 0 Å². The summed E-state index contributed by atoms with van der Waals surface area (Å²) in [5, 5.41) is 12.8. The maximum Gasteiger partial charge on any atom is 0.408 e. The van der Waals surface area contributed by atoms with E-state index >= 15 is 0 Å². The molecule has 0 aromatic heterocycles. The monoisotopic (exact) mass is 568 g/mol. The van der Waals surface area contributed by atoms with Crippen LogP contribution in [0.1, 0.15) is 30.4 Å². The van der Waals surface area contributed by atoms with Crippen LogP contribution in [0.25, 0.3) is 11.1 Å². The third-order valence-corrected chi connectivity index (χ3v) is 7.77. The van der Waals surface area contributed by atoms with Crippen molar-refractivity contribution >= 4 is 17.5 Å². The maximum atomic E-state index is 12.8. The van der Waals surface area contributed by atoms with Crippen LogP contribution in [0.2, 0.25) is 0 Å². The molecule has 11 heteroatoms. The first-order chi connectivity index (χ1) is 19.7. The molecule has 0 radical (unpaired) electrons. The molecular weight excluding hydrogens is 537 g/mol. The van der Waals surface area contributed by atoms with Gasteiger partial charge in [-0.15, -0.1) is 0 Å². The molecule has 0 saturated carbocycles. The molecule has 0 spiro atoms. The summed E-state index contributed by atoms with van der Waals surface area (Å²) in [5.74, 6) is 0. The lowest BCUT2D eigenvalue weighted by Crippen LogP contribution is -2.46. The molecule has 41 heavy (non-hydrogen) atoms. The number of alkyl halides is 3. The van der Waals surface area contributed by atoms with Crippen molar-refractivity contribution in [2.45, 2.75) is 31.0 Å². The summed E-state index contributed by atoms with van der Waals surface area (Å²) in [6.45, 7) is 2.63. The van der Waals surface area contributed by atoms with E-state index < -0.39 is 29.3 Å². The van der Waals surface area contributed by atoms with E-state index in [4.69, 9.17) is 4.74 Å². The van der Waals surface area contributed by atoms with Crippen molar-refractivity contribution in [2.75, 3.05) is 44.2 Å². The highest BCUT2D eigenvalue weighted by Crippen LogP contribution is 2.52. The standard InChI is InChI=1S/C30H31F3N4O4/c31-30(32,33)21-34-28(38)41-29(26-9-3-1-7-24(26)25-8-2-4-10-27(25)29)15-5-6-16-35-17-19-36(20-18-35)22-11-13-23(14-12-22)37(39)40/h1-4,7-14H,5-6,15-21H2,(H,34,38). The number of benzene rings is 3. The molecule has 5 rings (SSSR count). The summed E-state index contributed by atoms with van der Waals surface area (Å²) in [4.78, 5) is 27.7. The fraction of sp³-hybridized carbons (Fsp3) is 0.367. The SMILES string of the molecule is O=C(NCC(F)(F)F)OC1(CCCCN2CCN(c3ccc([N+](=O)[O-])cc3)CC2)c2ccccc2-c2ccccc21. The number of nitro groups is 1. The number of piperazine rings is 1. The Balaban J connectivity index is 1.22. The van der Waals surface area contributed by atoms with E-state index in [9.17, 15) is 28.1 Å². The van der Waals surface area contributed by atoms with E-state index in [1.54, 1.807) is 12.1 Å². The number of non-ortho nitro benzene ring substituents is 1. The molecule has 3 aromatic carbocycles. The number of alkyl carbamates (subject to hydrolysis) is 1. The minimum absolute atomic E-state index is 0.0690. The highest BCUT2D eigenvalue weighted by atomic mass is 19.4. The van der Waals surface area contributed by atoms with E-state index in [2.05, 4.69) is 9.80 Å². The highest BCUT2D eigenvalue weighted by Gasteiger charge is 2.46.